The minimum Gasteiger partial charge on any atom is -0.451 e. The van der Waals surface area contributed by atoms with Crippen LogP contribution in [-0.2, 0) is 6.54 Å². The normalized spacial score (nSPS) is 14.2. The molecule has 0 spiro atoms. The van der Waals surface area contributed by atoms with Crippen LogP contribution in [0.1, 0.15) is 18.4 Å². The highest BCUT2D eigenvalue weighted by molar-refractivity contribution is 5.39. The van der Waals surface area contributed by atoms with Gasteiger partial charge in [0.1, 0.15) is 5.82 Å². The number of nitrogens with one attached hydrogen (secondary N) is 1. The van der Waals surface area contributed by atoms with E-state index in [-0.39, 0.29) is 11.5 Å². The topological polar surface area (TPSA) is 21.3 Å². The third-order valence-electron chi connectivity index (χ3n) is 3.31. The molecular weight excluding hydrogens is 279 g/mol. The minimum absolute atomic E-state index is 0.0313. The highest BCUT2D eigenvalue weighted by atomic mass is 19.1. The molecule has 2 aromatic carbocycles. The lowest BCUT2D eigenvalue weighted by Crippen LogP contribution is -2.16. The Kier molecular flexibility index (Phi) is 3.84. The molecule has 1 fully saturated rings. The molecule has 0 atom stereocenters. The SMILES string of the molecule is Fc1ccc(Oc2c(F)cccc2CNC2CC2)c(F)c1. The van der Waals surface area contributed by atoms with Crippen molar-refractivity contribution in [3.05, 3.63) is 59.4 Å². The molecule has 1 N–H and O–H groups in total. The summed E-state index contributed by atoms with van der Waals surface area (Å²) in [5.41, 5.74) is 0.602. The number of benzene rings is 2. The summed E-state index contributed by atoms with van der Waals surface area (Å²) in [6.45, 7) is 0.445. The molecule has 0 bridgehead atoms. The Morgan fingerprint density at radius 1 is 1.05 bits per heavy atom. The van der Waals surface area contributed by atoms with Gasteiger partial charge >= 0.3 is 0 Å². The first-order valence-corrected chi connectivity index (χ1v) is 6.77. The zero-order valence-electron chi connectivity index (χ0n) is 11.2. The molecule has 1 saturated carbocycles. The van der Waals surface area contributed by atoms with Crippen LogP contribution in [0.15, 0.2) is 36.4 Å². The van der Waals surface area contributed by atoms with Gasteiger partial charge in [0.05, 0.1) is 0 Å². The van der Waals surface area contributed by atoms with E-state index in [0.29, 0.717) is 24.2 Å². The molecule has 5 heteroatoms. The zero-order chi connectivity index (χ0) is 14.8. The first-order valence-electron chi connectivity index (χ1n) is 6.77. The van der Waals surface area contributed by atoms with Crippen LogP contribution in [0, 0.1) is 17.5 Å². The molecule has 3 rings (SSSR count). The molecule has 0 aliphatic heterocycles. The van der Waals surface area contributed by atoms with E-state index in [9.17, 15) is 13.2 Å². The molecule has 2 aromatic rings. The molecule has 0 saturated heterocycles. The van der Waals surface area contributed by atoms with E-state index in [1.807, 2.05) is 0 Å². The van der Waals surface area contributed by atoms with Crippen molar-refractivity contribution >= 4 is 0 Å². The monoisotopic (exact) mass is 293 g/mol. The molecule has 110 valence electrons. The van der Waals surface area contributed by atoms with E-state index < -0.39 is 17.5 Å². The Morgan fingerprint density at radius 3 is 2.57 bits per heavy atom. The fraction of sp³-hybridized carbons (Fsp3) is 0.250. The van der Waals surface area contributed by atoms with Gasteiger partial charge in [-0.25, -0.2) is 13.2 Å². The van der Waals surface area contributed by atoms with E-state index in [1.165, 1.54) is 6.07 Å². The van der Waals surface area contributed by atoms with Gasteiger partial charge in [0.25, 0.3) is 0 Å². The Labute approximate surface area is 120 Å². The Hall–Kier alpha value is -2.01. The van der Waals surface area contributed by atoms with Crippen LogP contribution in [0.4, 0.5) is 13.2 Å². The summed E-state index contributed by atoms with van der Waals surface area (Å²) in [6, 6.07) is 7.93. The first-order chi connectivity index (χ1) is 10.1. The summed E-state index contributed by atoms with van der Waals surface area (Å²) in [6.07, 6.45) is 2.22. The van der Waals surface area contributed by atoms with Crippen LogP contribution < -0.4 is 10.1 Å². The Balaban J connectivity index is 1.85. The molecule has 2 nitrogen and oxygen atoms in total. The van der Waals surface area contributed by atoms with Crippen LogP contribution in [0.5, 0.6) is 11.5 Å². The van der Waals surface area contributed by atoms with Gasteiger partial charge in [-0.05, 0) is 31.0 Å². The van der Waals surface area contributed by atoms with Gasteiger partial charge in [-0.2, -0.15) is 0 Å². The van der Waals surface area contributed by atoms with Crippen LogP contribution >= 0.6 is 0 Å². The summed E-state index contributed by atoms with van der Waals surface area (Å²) in [5, 5.41) is 3.25. The van der Waals surface area contributed by atoms with E-state index in [4.69, 9.17) is 4.74 Å². The summed E-state index contributed by atoms with van der Waals surface area (Å²) < 4.78 is 45.8. The van der Waals surface area contributed by atoms with Gasteiger partial charge in [-0.15, -0.1) is 0 Å². The van der Waals surface area contributed by atoms with Crippen LogP contribution in [0.25, 0.3) is 0 Å². The molecular formula is C16H14F3NO. The third-order valence-corrected chi connectivity index (χ3v) is 3.31. The van der Waals surface area contributed by atoms with Crippen LogP contribution in [0.3, 0.4) is 0 Å². The third kappa shape index (κ3) is 3.36. The van der Waals surface area contributed by atoms with Gasteiger partial charge in [-0.3, -0.25) is 0 Å². The van der Waals surface area contributed by atoms with E-state index in [0.717, 1.165) is 25.0 Å². The number of ether oxygens (including phenoxy) is 1. The summed E-state index contributed by atoms with van der Waals surface area (Å²) in [4.78, 5) is 0. The summed E-state index contributed by atoms with van der Waals surface area (Å²) in [5.74, 6) is -2.37. The number of rotatable bonds is 5. The Morgan fingerprint density at radius 2 is 1.86 bits per heavy atom. The van der Waals surface area contributed by atoms with Crippen molar-refractivity contribution in [2.45, 2.75) is 25.4 Å². The molecule has 0 unspecified atom stereocenters. The number of halogens is 3. The molecule has 0 amide bonds. The summed E-state index contributed by atoms with van der Waals surface area (Å²) >= 11 is 0. The standard InChI is InChI=1S/C16H14F3NO/c17-11-4-7-15(14(19)8-11)21-16-10(2-1-3-13(16)18)9-20-12-5-6-12/h1-4,7-8,12,20H,5-6,9H2. The second-order valence-corrected chi connectivity index (χ2v) is 5.06. The highest BCUT2D eigenvalue weighted by Gasteiger charge is 2.21. The maximum atomic E-state index is 13.9. The van der Waals surface area contributed by atoms with Gasteiger partial charge in [0, 0.05) is 24.2 Å². The van der Waals surface area contributed by atoms with Gasteiger partial charge in [0.2, 0.25) is 0 Å². The van der Waals surface area contributed by atoms with Crippen molar-refractivity contribution in [2.75, 3.05) is 0 Å². The molecule has 21 heavy (non-hydrogen) atoms. The molecule has 1 aliphatic carbocycles. The predicted octanol–water partition coefficient (Wildman–Crippen LogP) is 4.15. The average Bonchev–Trinajstić information content (AvgIpc) is 3.26. The van der Waals surface area contributed by atoms with E-state index in [1.54, 1.807) is 12.1 Å². The zero-order valence-corrected chi connectivity index (χ0v) is 11.2. The second kappa shape index (κ2) is 5.77. The van der Waals surface area contributed by atoms with Crippen molar-refractivity contribution in [1.29, 1.82) is 0 Å². The number of hydrogen-bond acceptors (Lipinski definition) is 2. The molecule has 0 radical (unpaired) electrons. The maximum Gasteiger partial charge on any atom is 0.168 e. The quantitative estimate of drug-likeness (QED) is 0.894. The van der Waals surface area contributed by atoms with Crippen molar-refractivity contribution < 1.29 is 17.9 Å². The fourth-order valence-electron chi connectivity index (χ4n) is 2.02. The number of hydrogen-bond donors (Lipinski definition) is 1. The first kappa shape index (κ1) is 13.9. The van der Waals surface area contributed by atoms with Gasteiger partial charge in [0.15, 0.2) is 23.1 Å². The molecule has 0 heterocycles. The Bertz CT molecular complexity index is 656. The van der Waals surface area contributed by atoms with Crippen molar-refractivity contribution in [3.63, 3.8) is 0 Å². The lowest BCUT2D eigenvalue weighted by Gasteiger charge is -2.13. The number of para-hydroxylation sites is 1. The summed E-state index contributed by atoms with van der Waals surface area (Å²) in [7, 11) is 0. The van der Waals surface area contributed by atoms with Gasteiger partial charge in [-0.1, -0.05) is 12.1 Å². The minimum atomic E-state index is -0.862. The lowest BCUT2D eigenvalue weighted by molar-refractivity contribution is 0.405. The highest BCUT2D eigenvalue weighted by Crippen LogP contribution is 2.31. The smallest absolute Gasteiger partial charge is 0.168 e. The molecule has 1 aliphatic rings. The lowest BCUT2D eigenvalue weighted by atomic mass is 10.2. The van der Waals surface area contributed by atoms with Crippen LogP contribution in [-0.4, -0.2) is 6.04 Å². The van der Waals surface area contributed by atoms with Crippen molar-refractivity contribution in [2.24, 2.45) is 0 Å². The average molecular weight is 293 g/mol. The second-order valence-electron chi connectivity index (χ2n) is 5.06. The predicted molar refractivity (Wildman–Crippen MR) is 72.7 cm³/mol. The maximum absolute atomic E-state index is 13.9. The van der Waals surface area contributed by atoms with Crippen molar-refractivity contribution in [1.82, 2.24) is 5.32 Å². The largest absolute Gasteiger partial charge is 0.451 e. The van der Waals surface area contributed by atoms with E-state index >= 15 is 0 Å². The fourth-order valence-corrected chi connectivity index (χ4v) is 2.02. The molecule has 0 aromatic heterocycles. The van der Waals surface area contributed by atoms with Crippen molar-refractivity contribution in [3.8, 4) is 11.5 Å². The van der Waals surface area contributed by atoms with Crippen LogP contribution in [0.2, 0.25) is 0 Å². The van der Waals surface area contributed by atoms with E-state index in [2.05, 4.69) is 5.32 Å². The van der Waals surface area contributed by atoms with Gasteiger partial charge < -0.3 is 10.1 Å².